The second-order valence-electron chi connectivity index (χ2n) is 7.58. The van der Waals surface area contributed by atoms with Crippen molar-refractivity contribution in [2.45, 2.75) is 27.4 Å². The summed E-state index contributed by atoms with van der Waals surface area (Å²) >= 11 is 6.68. The summed E-state index contributed by atoms with van der Waals surface area (Å²) in [5.74, 6) is -2.13. The van der Waals surface area contributed by atoms with E-state index in [1.165, 1.54) is 6.07 Å². The van der Waals surface area contributed by atoms with E-state index >= 15 is 0 Å². The van der Waals surface area contributed by atoms with E-state index in [0.29, 0.717) is 5.56 Å². The summed E-state index contributed by atoms with van der Waals surface area (Å²) in [4.78, 5) is 12.6. The molecule has 1 aliphatic carbocycles. The van der Waals surface area contributed by atoms with E-state index in [9.17, 15) is 13.6 Å². The van der Waals surface area contributed by atoms with Crippen LogP contribution >= 0.6 is 31.9 Å². The third kappa shape index (κ3) is 4.08. The molecule has 3 rings (SSSR count). The first-order valence-electron chi connectivity index (χ1n) is 8.87. The predicted octanol–water partition coefficient (Wildman–Crippen LogP) is 6.89. The number of rotatable bonds is 5. The minimum absolute atomic E-state index is 0.0912. The number of esters is 1. The van der Waals surface area contributed by atoms with Crippen LogP contribution < -0.4 is 0 Å². The monoisotopic (exact) mass is 512 g/mol. The van der Waals surface area contributed by atoms with Gasteiger partial charge >= 0.3 is 5.97 Å². The van der Waals surface area contributed by atoms with Gasteiger partial charge in [-0.2, -0.15) is 0 Å². The minimum atomic E-state index is -0.887. The molecule has 0 amide bonds. The summed E-state index contributed by atoms with van der Waals surface area (Å²) in [5, 5.41) is 0. The van der Waals surface area contributed by atoms with E-state index in [2.05, 4.69) is 31.9 Å². The molecule has 6 heteroatoms. The first-order valence-corrected chi connectivity index (χ1v) is 10.5. The van der Waals surface area contributed by atoms with Crippen LogP contribution in [0.5, 0.6) is 0 Å². The molecule has 1 aliphatic rings. The molecule has 0 radical (unpaired) electrons. The molecule has 0 spiro atoms. The molecule has 28 heavy (non-hydrogen) atoms. The summed E-state index contributed by atoms with van der Waals surface area (Å²) in [5.41, 5.74) is 2.14. The molecule has 148 valence electrons. The second kappa shape index (κ2) is 8.07. The molecule has 0 saturated heterocycles. The van der Waals surface area contributed by atoms with Crippen molar-refractivity contribution in [1.82, 2.24) is 0 Å². The maximum atomic E-state index is 14.2. The third-order valence-corrected chi connectivity index (χ3v) is 6.06. The van der Waals surface area contributed by atoms with Crippen LogP contribution in [0.1, 0.15) is 25.0 Å². The van der Waals surface area contributed by atoms with Crippen LogP contribution in [0.15, 0.2) is 45.9 Å². The lowest BCUT2D eigenvalue weighted by molar-refractivity contribution is -0.147. The standard InChI is InChI=1S/C22H20Br2F2O2/c1-12-13(6-4-7-14(12)15-8-5-9-17(25)20(15)26)11-28-21(27)19-16(10-18(23)24)22(19,2)3/h4-10,16,19H,11H2,1-3H3. The average Bonchev–Trinajstić information content (AvgIpc) is 3.16. The smallest absolute Gasteiger partial charge is 0.310 e. The fourth-order valence-electron chi connectivity index (χ4n) is 3.66. The van der Waals surface area contributed by atoms with E-state index in [-0.39, 0.29) is 35.4 Å². The van der Waals surface area contributed by atoms with Crippen molar-refractivity contribution in [3.8, 4) is 11.1 Å². The van der Waals surface area contributed by atoms with E-state index < -0.39 is 11.6 Å². The number of halogens is 4. The zero-order chi connectivity index (χ0) is 20.6. The van der Waals surface area contributed by atoms with Crippen molar-refractivity contribution in [3.63, 3.8) is 0 Å². The van der Waals surface area contributed by atoms with Crippen molar-refractivity contribution in [2.75, 3.05) is 0 Å². The van der Waals surface area contributed by atoms with E-state index in [4.69, 9.17) is 4.74 Å². The Morgan fingerprint density at radius 3 is 2.46 bits per heavy atom. The highest BCUT2D eigenvalue weighted by atomic mass is 79.9. The zero-order valence-electron chi connectivity index (χ0n) is 15.7. The van der Waals surface area contributed by atoms with Crippen LogP contribution in [0.2, 0.25) is 0 Å². The van der Waals surface area contributed by atoms with Gasteiger partial charge in [0, 0.05) is 5.56 Å². The summed E-state index contributed by atoms with van der Waals surface area (Å²) in [7, 11) is 0. The largest absolute Gasteiger partial charge is 0.461 e. The number of benzene rings is 2. The Morgan fingerprint density at radius 1 is 1.14 bits per heavy atom. The van der Waals surface area contributed by atoms with Crippen molar-refractivity contribution >= 4 is 37.8 Å². The summed E-state index contributed by atoms with van der Waals surface area (Å²) in [6.07, 6.45) is 1.96. The lowest BCUT2D eigenvalue weighted by Crippen LogP contribution is -2.11. The second-order valence-corrected chi connectivity index (χ2v) is 10.4. The van der Waals surface area contributed by atoms with Gasteiger partial charge in [-0.15, -0.1) is 0 Å². The molecule has 1 fully saturated rings. The fraction of sp³-hybridized carbons (Fsp3) is 0.318. The number of carbonyl (C=O) groups excluding carboxylic acids is 1. The molecule has 0 N–H and O–H groups in total. The van der Waals surface area contributed by atoms with Crippen LogP contribution in [0.25, 0.3) is 11.1 Å². The third-order valence-electron chi connectivity index (χ3n) is 5.53. The molecule has 2 atom stereocenters. The molecule has 0 aliphatic heterocycles. The van der Waals surface area contributed by atoms with Gasteiger partial charge in [0.05, 0.1) is 9.31 Å². The molecule has 0 aromatic heterocycles. The molecule has 2 aromatic rings. The number of allylic oxidation sites excluding steroid dienone is 1. The van der Waals surface area contributed by atoms with Gasteiger partial charge in [-0.05, 0) is 72.9 Å². The van der Waals surface area contributed by atoms with Gasteiger partial charge in [-0.1, -0.05) is 50.3 Å². The summed E-state index contributed by atoms with van der Waals surface area (Å²) < 4.78 is 34.1. The Bertz CT molecular complexity index is 950. The molecule has 2 aromatic carbocycles. The Morgan fingerprint density at radius 2 is 1.79 bits per heavy atom. The number of ether oxygens (including phenoxy) is 1. The molecular weight excluding hydrogens is 494 g/mol. The van der Waals surface area contributed by atoms with Crippen molar-refractivity contribution in [2.24, 2.45) is 17.3 Å². The van der Waals surface area contributed by atoms with Crippen LogP contribution in [0.4, 0.5) is 8.78 Å². The van der Waals surface area contributed by atoms with Crippen LogP contribution in [0, 0.1) is 35.8 Å². The molecule has 2 unspecified atom stereocenters. The topological polar surface area (TPSA) is 26.3 Å². The molecule has 0 heterocycles. The lowest BCUT2D eigenvalue weighted by atomic mass is 9.96. The first kappa shape index (κ1) is 21.2. The van der Waals surface area contributed by atoms with Crippen LogP contribution in [0.3, 0.4) is 0 Å². The van der Waals surface area contributed by atoms with Crippen molar-refractivity contribution in [3.05, 3.63) is 68.6 Å². The Kier molecular flexibility index (Phi) is 6.11. The highest BCUT2D eigenvalue weighted by Crippen LogP contribution is 2.60. The summed E-state index contributed by atoms with van der Waals surface area (Å²) in [6.45, 7) is 5.97. The minimum Gasteiger partial charge on any atom is -0.461 e. The van der Waals surface area contributed by atoms with E-state index in [1.54, 1.807) is 18.2 Å². The average molecular weight is 514 g/mol. The summed E-state index contributed by atoms with van der Waals surface area (Å²) in [6, 6.07) is 9.42. The van der Waals surface area contributed by atoms with Crippen LogP contribution in [-0.2, 0) is 16.1 Å². The van der Waals surface area contributed by atoms with Gasteiger partial charge in [0.2, 0.25) is 0 Å². The SMILES string of the molecule is Cc1c(COC(=O)C2C(C=C(Br)Br)C2(C)C)cccc1-c1cccc(F)c1F. The molecule has 1 saturated carbocycles. The van der Waals surface area contributed by atoms with Gasteiger partial charge in [0.1, 0.15) is 6.61 Å². The highest BCUT2D eigenvalue weighted by molar-refractivity contribution is 9.28. The molecule has 2 nitrogen and oxygen atoms in total. The quantitative estimate of drug-likeness (QED) is 0.407. The van der Waals surface area contributed by atoms with E-state index in [0.717, 1.165) is 20.6 Å². The maximum Gasteiger partial charge on any atom is 0.310 e. The lowest BCUT2D eigenvalue weighted by Gasteiger charge is -2.13. The fourth-order valence-corrected chi connectivity index (χ4v) is 4.23. The zero-order valence-corrected chi connectivity index (χ0v) is 18.9. The molecular formula is C22H20Br2F2O2. The van der Waals surface area contributed by atoms with Crippen molar-refractivity contribution in [1.29, 1.82) is 0 Å². The van der Waals surface area contributed by atoms with Gasteiger partial charge in [-0.3, -0.25) is 4.79 Å². The Balaban J connectivity index is 1.77. The maximum absolute atomic E-state index is 14.2. The highest BCUT2D eigenvalue weighted by Gasteiger charge is 2.61. The number of hydrogen-bond acceptors (Lipinski definition) is 2. The first-order chi connectivity index (χ1) is 13.1. The number of carbonyl (C=O) groups is 1. The van der Waals surface area contributed by atoms with E-state index in [1.807, 2.05) is 32.9 Å². The van der Waals surface area contributed by atoms with Crippen molar-refractivity contribution < 1.29 is 18.3 Å². The van der Waals surface area contributed by atoms with Gasteiger partial charge in [0.25, 0.3) is 0 Å². The normalized spacial score (nSPS) is 19.8. The predicted molar refractivity (Wildman–Crippen MR) is 113 cm³/mol. The Labute approximate surface area is 180 Å². The van der Waals surface area contributed by atoms with Gasteiger partial charge < -0.3 is 4.74 Å². The van der Waals surface area contributed by atoms with Crippen LogP contribution in [-0.4, -0.2) is 5.97 Å². The number of hydrogen-bond donors (Lipinski definition) is 0. The molecule has 0 bridgehead atoms. The van der Waals surface area contributed by atoms with Gasteiger partial charge in [0.15, 0.2) is 11.6 Å². The Hall–Kier alpha value is -1.53. The van der Waals surface area contributed by atoms with Gasteiger partial charge in [-0.25, -0.2) is 8.78 Å².